The van der Waals surface area contributed by atoms with Gasteiger partial charge in [0.2, 0.25) is 0 Å². The van der Waals surface area contributed by atoms with E-state index in [0.717, 1.165) is 55.3 Å². The van der Waals surface area contributed by atoms with Crippen LogP contribution in [0.4, 0.5) is 0 Å². The molecule has 4 nitrogen and oxygen atoms in total. The predicted molar refractivity (Wildman–Crippen MR) is 268 cm³/mol. The van der Waals surface area contributed by atoms with Gasteiger partial charge in [0.05, 0.1) is 8.22 Å². The van der Waals surface area contributed by atoms with Crippen molar-refractivity contribution in [3.8, 4) is 89.8 Å². The average Bonchev–Trinajstić information content (AvgIpc) is 3.83. The third-order valence-electron chi connectivity index (χ3n) is 11.9. The molecule has 0 saturated carbocycles. The van der Waals surface area contributed by atoms with Crippen molar-refractivity contribution in [3.63, 3.8) is 0 Å². The Morgan fingerprint density at radius 3 is 1.45 bits per heavy atom. The lowest BCUT2D eigenvalue weighted by Crippen LogP contribution is -2.00. The van der Waals surface area contributed by atoms with Gasteiger partial charge in [-0.15, -0.1) is 0 Å². The van der Waals surface area contributed by atoms with Crippen molar-refractivity contribution < 1.29 is 12.6 Å². The highest BCUT2D eigenvalue weighted by Crippen LogP contribution is 2.41. The smallest absolute Gasteiger partial charge is 0.164 e. The summed E-state index contributed by atoms with van der Waals surface area (Å²) in [5, 5.41) is 2.58. The van der Waals surface area contributed by atoms with Crippen LogP contribution < -0.4 is 0 Å². The maximum atomic E-state index is 9.80. The van der Waals surface area contributed by atoms with E-state index in [1.165, 1.54) is 0 Å². The van der Waals surface area contributed by atoms with Crippen LogP contribution in [-0.4, -0.2) is 15.0 Å². The molecule has 12 aromatic rings. The molecule has 2 aromatic heterocycles. The number of nitrogens with zero attached hydrogens (tertiary/aromatic N) is 3. The Morgan fingerprint density at radius 1 is 0.323 bits per heavy atom. The number of fused-ring (bicyclic) bond motifs is 4. The molecule has 0 bridgehead atoms. The molecule has 0 aliphatic rings. The predicted octanol–water partition coefficient (Wildman–Crippen LogP) is 16.3. The van der Waals surface area contributed by atoms with Crippen LogP contribution in [0.15, 0.2) is 241 Å². The third kappa shape index (κ3) is 7.23. The van der Waals surface area contributed by atoms with Gasteiger partial charge in [0, 0.05) is 27.5 Å². The topological polar surface area (TPSA) is 51.8 Å². The van der Waals surface area contributed by atoms with E-state index in [1.54, 1.807) is 0 Å². The Kier molecular flexibility index (Phi) is 7.98. The summed E-state index contributed by atoms with van der Waals surface area (Å²) >= 11 is 0. The van der Waals surface area contributed by atoms with E-state index in [-0.39, 0.29) is 75.1 Å². The van der Waals surface area contributed by atoms with Crippen LogP contribution >= 0.6 is 0 Å². The molecule has 0 fully saturated rings. The number of benzene rings is 10. The lowest BCUT2D eigenvalue weighted by molar-refractivity contribution is 0.669. The minimum atomic E-state index is -0.362. The number of rotatable bonds is 8. The van der Waals surface area contributed by atoms with Crippen molar-refractivity contribution in [2.24, 2.45) is 0 Å². The summed E-state index contributed by atoms with van der Waals surface area (Å²) in [5.74, 6) is 0.606. The maximum absolute atomic E-state index is 9.80. The number of aromatic nitrogens is 3. The molecule has 0 radical (unpaired) electrons. The monoisotopic (exact) mass is 835 g/mol. The van der Waals surface area contributed by atoms with E-state index < -0.39 is 0 Å². The second kappa shape index (κ2) is 16.2. The van der Waals surface area contributed by atoms with Crippen LogP contribution in [0.5, 0.6) is 0 Å². The zero-order valence-electron chi connectivity index (χ0n) is 40.8. The van der Waals surface area contributed by atoms with E-state index in [0.29, 0.717) is 28.3 Å². The molecule has 2 heterocycles. The van der Waals surface area contributed by atoms with Crippen LogP contribution in [0.2, 0.25) is 0 Å². The van der Waals surface area contributed by atoms with Gasteiger partial charge in [-0.3, -0.25) is 0 Å². The molecular weight excluding hydrogens is 791 g/mol. The first-order valence-corrected chi connectivity index (χ1v) is 21.4. The Hall–Kier alpha value is -8.73. The van der Waals surface area contributed by atoms with Crippen molar-refractivity contribution in [1.82, 2.24) is 15.0 Å². The highest BCUT2D eigenvalue weighted by Gasteiger charge is 2.18. The Bertz CT molecular complexity index is 3970. The quantitative estimate of drug-likeness (QED) is 0.153. The van der Waals surface area contributed by atoms with Crippen LogP contribution in [-0.2, 0) is 0 Å². The van der Waals surface area contributed by atoms with Gasteiger partial charge in [-0.1, -0.05) is 200 Å². The second-order valence-corrected chi connectivity index (χ2v) is 15.9. The molecule has 0 saturated heterocycles. The molecule has 10 aromatic carbocycles. The molecule has 0 aliphatic carbocycles. The lowest BCUT2D eigenvalue weighted by Gasteiger charge is -2.12. The molecular formula is C61H39N3O. The summed E-state index contributed by atoms with van der Waals surface area (Å²) in [6, 6.07) is 64.2. The fourth-order valence-electron chi connectivity index (χ4n) is 8.61. The van der Waals surface area contributed by atoms with Gasteiger partial charge >= 0.3 is 0 Å². The molecule has 0 aliphatic heterocycles. The fourth-order valence-corrected chi connectivity index (χ4v) is 8.61. The van der Waals surface area contributed by atoms with E-state index in [4.69, 9.17) is 22.1 Å². The van der Waals surface area contributed by atoms with Gasteiger partial charge < -0.3 is 4.42 Å². The van der Waals surface area contributed by atoms with Crippen LogP contribution in [0.25, 0.3) is 123 Å². The molecule has 0 spiro atoms. The largest absolute Gasteiger partial charge is 0.456 e. The van der Waals surface area contributed by atoms with Gasteiger partial charge in [0.25, 0.3) is 0 Å². The molecule has 65 heavy (non-hydrogen) atoms. The lowest BCUT2D eigenvalue weighted by atomic mass is 9.91. The minimum Gasteiger partial charge on any atom is -0.456 e. The van der Waals surface area contributed by atoms with Gasteiger partial charge in [-0.25, -0.2) is 15.0 Å². The zero-order chi connectivity index (χ0) is 48.3. The molecule has 4 heteroatoms. The van der Waals surface area contributed by atoms with Gasteiger partial charge in [0.1, 0.15) is 11.2 Å². The van der Waals surface area contributed by atoms with Gasteiger partial charge in [-0.2, -0.15) is 0 Å². The normalized spacial score (nSPS) is 12.7. The molecule has 12 rings (SSSR count). The summed E-state index contributed by atoms with van der Waals surface area (Å²) in [5.41, 5.74) is 9.75. The summed E-state index contributed by atoms with van der Waals surface area (Å²) in [6.45, 7) is 0. The highest BCUT2D eigenvalue weighted by atomic mass is 16.3. The van der Waals surface area contributed by atoms with Gasteiger partial charge in [0.15, 0.2) is 17.5 Å². The molecule has 0 unspecified atom stereocenters. The van der Waals surface area contributed by atoms with Crippen LogP contribution in [0.1, 0.15) is 8.22 Å². The van der Waals surface area contributed by atoms with Crippen molar-refractivity contribution >= 4 is 32.7 Å². The Labute approximate surface area is 385 Å². The summed E-state index contributed by atoms with van der Waals surface area (Å²) in [7, 11) is 0. The zero-order valence-corrected chi connectivity index (χ0v) is 34.8. The number of hydrogen-bond acceptors (Lipinski definition) is 4. The van der Waals surface area contributed by atoms with E-state index in [1.807, 2.05) is 170 Å². The molecule has 0 atom stereocenters. The molecule has 304 valence electrons. The third-order valence-corrected chi connectivity index (χ3v) is 11.9. The van der Waals surface area contributed by atoms with E-state index in [9.17, 15) is 5.48 Å². The number of furan rings is 1. The SMILES string of the molecule is [2H]c1c([2H])c(-c2cc(-c3ccccc3)cc(-c3ccccc3)c2)c2c(oc3c([2H])c(-c4nc(-c5ccc(-c6ccccc6)cc5)nc(-c5ccc(-c6cccc7ccccc67)cc5)n4)c([2H])c([2H])c32)c1[2H]. The van der Waals surface area contributed by atoms with Crippen molar-refractivity contribution in [3.05, 3.63) is 236 Å². The average molecular weight is 836 g/mol. The van der Waals surface area contributed by atoms with Crippen LogP contribution in [0.3, 0.4) is 0 Å². The molecule has 0 N–H and O–H groups in total. The summed E-state index contributed by atoms with van der Waals surface area (Å²) in [6.07, 6.45) is 0. The molecule has 0 amide bonds. The van der Waals surface area contributed by atoms with Crippen molar-refractivity contribution in [2.45, 2.75) is 0 Å². The van der Waals surface area contributed by atoms with E-state index >= 15 is 0 Å². The highest BCUT2D eigenvalue weighted by molar-refractivity contribution is 6.13. The Balaban J connectivity index is 1.06. The fraction of sp³-hybridized carbons (Fsp3) is 0. The summed E-state index contributed by atoms with van der Waals surface area (Å²) in [4.78, 5) is 14.9. The number of hydrogen-bond donors (Lipinski definition) is 0. The Morgan fingerprint density at radius 2 is 0.815 bits per heavy atom. The van der Waals surface area contributed by atoms with Crippen molar-refractivity contribution in [2.75, 3.05) is 0 Å². The minimum absolute atomic E-state index is 0.00197. The maximum Gasteiger partial charge on any atom is 0.164 e. The first-order valence-electron chi connectivity index (χ1n) is 24.4. The van der Waals surface area contributed by atoms with Crippen molar-refractivity contribution in [1.29, 1.82) is 0 Å². The standard InChI is InChI=1S/C61H39N3O/c1-4-14-40(15-5-1)43-26-30-46(31-27-43)59-62-60(47-32-28-45(29-33-47)53-23-12-21-44-20-10-11-22-52(44)53)64-61(63-59)48-34-35-55-57(39-48)65-56-25-13-24-54(58(55)56)51-37-49(41-16-6-2-7-17-41)36-50(38-51)42-18-8-3-9-19-42/h1-39H/i13D,24D,25D,34D,35D,39D. The van der Waals surface area contributed by atoms with Crippen LogP contribution in [0, 0.1) is 0 Å². The first kappa shape index (κ1) is 32.0. The second-order valence-electron chi connectivity index (χ2n) is 15.9. The first-order chi connectivity index (χ1) is 34.7. The summed E-state index contributed by atoms with van der Waals surface area (Å²) < 4.78 is 63.2. The van der Waals surface area contributed by atoms with Gasteiger partial charge in [-0.05, 0) is 103 Å². The van der Waals surface area contributed by atoms with E-state index in [2.05, 4.69) is 30.3 Å².